The monoisotopic (exact) mass is 420 g/mol. The van der Waals surface area contributed by atoms with Gasteiger partial charge >= 0.3 is 5.97 Å². The van der Waals surface area contributed by atoms with E-state index >= 15 is 0 Å². The maximum absolute atomic E-state index is 13.1. The van der Waals surface area contributed by atoms with Gasteiger partial charge in [-0.3, -0.25) is 4.79 Å². The van der Waals surface area contributed by atoms with Gasteiger partial charge in [-0.05, 0) is 36.8 Å². The molecule has 2 rings (SSSR count). The first-order valence-corrected chi connectivity index (χ1v) is 10.3. The Morgan fingerprint density at radius 3 is 2.41 bits per heavy atom. The fourth-order valence-electron chi connectivity index (χ4n) is 2.72. The van der Waals surface area contributed by atoms with Crippen molar-refractivity contribution in [1.29, 1.82) is 0 Å². The van der Waals surface area contributed by atoms with Gasteiger partial charge in [0.15, 0.2) is 0 Å². The third kappa shape index (κ3) is 5.12. The first-order valence-electron chi connectivity index (χ1n) is 8.86. The number of nitrogens with zero attached hydrogens (tertiary/aromatic N) is 1. The fraction of sp³-hybridized carbons (Fsp3) is 0.300. The van der Waals surface area contributed by atoms with Crippen LogP contribution in [0.1, 0.15) is 22.8 Å². The number of ether oxygens (including phenoxy) is 2. The topological polar surface area (TPSA) is 102 Å². The Labute approximate surface area is 170 Å². The summed E-state index contributed by atoms with van der Waals surface area (Å²) in [6.07, 6.45) is 0. The van der Waals surface area contributed by atoms with Crippen LogP contribution in [0.25, 0.3) is 0 Å². The predicted molar refractivity (Wildman–Crippen MR) is 109 cm³/mol. The molecule has 0 heterocycles. The van der Waals surface area contributed by atoms with E-state index in [0.29, 0.717) is 0 Å². The SMILES string of the molecule is CCN(CC(=O)Nc1ccccc1C(=O)OC)S(=O)(=O)c1cc(C)ccc1OC. The largest absolute Gasteiger partial charge is 0.495 e. The smallest absolute Gasteiger partial charge is 0.339 e. The second kappa shape index (κ2) is 9.53. The number of carbonyl (C=O) groups excluding carboxylic acids is 2. The molecule has 1 N–H and O–H groups in total. The maximum Gasteiger partial charge on any atom is 0.339 e. The van der Waals surface area contributed by atoms with E-state index in [1.807, 2.05) is 0 Å². The molecular weight excluding hydrogens is 396 g/mol. The summed E-state index contributed by atoms with van der Waals surface area (Å²) in [6, 6.07) is 11.1. The number of esters is 1. The molecule has 9 heteroatoms. The third-order valence-electron chi connectivity index (χ3n) is 4.22. The average molecular weight is 420 g/mol. The van der Waals surface area contributed by atoms with Crippen molar-refractivity contribution in [1.82, 2.24) is 4.31 Å². The van der Waals surface area contributed by atoms with Gasteiger partial charge in [0.1, 0.15) is 10.6 Å². The zero-order valence-corrected chi connectivity index (χ0v) is 17.6. The van der Waals surface area contributed by atoms with Crippen molar-refractivity contribution in [2.24, 2.45) is 0 Å². The fourth-order valence-corrected chi connectivity index (χ4v) is 4.37. The summed E-state index contributed by atoms with van der Waals surface area (Å²) >= 11 is 0. The number of nitrogens with one attached hydrogen (secondary N) is 1. The lowest BCUT2D eigenvalue weighted by molar-refractivity contribution is -0.116. The molecule has 0 atom stereocenters. The van der Waals surface area contributed by atoms with Gasteiger partial charge in [0.2, 0.25) is 15.9 Å². The highest BCUT2D eigenvalue weighted by atomic mass is 32.2. The molecule has 0 spiro atoms. The molecule has 8 nitrogen and oxygen atoms in total. The number of hydrogen-bond donors (Lipinski definition) is 1. The van der Waals surface area contributed by atoms with Gasteiger partial charge in [0, 0.05) is 6.54 Å². The lowest BCUT2D eigenvalue weighted by Crippen LogP contribution is -2.38. The first-order chi connectivity index (χ1) is 13.7. The maximum atomic E-state index is 13.1. The molecule has 0 aliphatic heterocycles. The summed E-state index contributed by atoms with van der Waals surface area (Å²) in [5, 5.41) is 2.58. The van der Waals surface area contributed by atoms with Crippen LogP contribution in [0.15, 0.2) is 47.4 Å². The van der Waals surface area contributed by atoms with E-state index in [1.54, 1.807) is 44.2 Å². The lowest BCUT2D eigenvalue weighted by Gasteiger charge is -2.22. The highest BCUT2D eigenvalue weighted by Gasteiger charge is 2.29. The van der Waals surface area contributed by atoms with Crippen molar-refractivity contribution in [3.8, 4) is 5.75 Å². The molecule has 0 aromatic heterocycles. The standard InChI is InChI=1S/C20H24N2O6S/c1-5-22(29(25,26)18-12-14(2)10-11-17(18)27-3)13-19(23)21-16-9-7-6-8-15(16)20(24)28-4/h6-12H,5,13H2,1-4H3,(H,21,23). The van der Waals surface area contributed by atoms with Crippen molar-refractivity contribution in [3.05, 3.63) is 53.6 Å². The van der Waals surface area contributed by atoms with Gasteiger partial charge in [-0.2, -0.15) is 4.31 Å². The Bertz CT molecular complexity index is 1000. The average Bonchev–Trinajstić information content (AvgIpc) is 2.71. The summed E-state index contributed by atoms with van der Waals surface area (Å²) in [5.74, 6) is -0.991. The van der Waals surface area contributed by atoms with Crippen LogP contribution in [0.2, 0.25) is 0 Å². The van der Waals surface area contributed by atoms with Crippen LogP contribution < -0.4 is 10.1 Å². The van der Waals surface area contributed by atoms with Crippen molar-refractivity contribution < 1.29 is 27.5 Å². The number of benzene rings is 2. The second-order valence-electron chi connectivity index (χ2n) is 6.17. The number of aryl methyl sites for hydroxylation is 1. The molecule has 0 unspecified atom stereocenters. The molecule has 0 radical (unpaired) electrons. The van der Waals surface area contributed by atoms with Crippen LogP contribution in [-0.4, -0.2) is 51.9 Å². The second-order valence-corrected chi connectivity index (χ2v) is 8.08. The van der Waals surface area contributed by atoms with Crippen LogP contribution in [0.4, 0.5) is 5.69 Å². The number of methoxy groups -OCH3 is 2. The molecule has 1 amide bonds. The quantitative estimate of drug-likeness (QED) is 0.658. The third-order valence-corrected chi connectivity index (χ3v) is 6.16. The van der Waals surface area contributed by atoms with Crippen molar-refractivity contribution >= 4 is 27.6 Å². The van der Waals surface area contributed by atoms with Crippen LogP contribution in [0.5, 0.6) is 5.75 Å². The van der Waals surface area contributed by atoms with E-state index in [0.717, 1.165) is 9.87 Å². The van der Waals surface area contributed by atoms with Gasteiger partial charge in [0.05, 0.1) is 32.0 Å². The van der Waals surface area contributed by atoms with Crippen molar-refractivity contribution in [2.45, 2.75) is 18.7 Å². The molecule has 0 aliphatic rings. The minimum Gasteiger partial charge on any atom is -0.495 e. The van der Waals surface area contributed by atoms with Crippen LogP contribution in [0, 0.1) is 6.92 Å². The summed E-state index contributed by atoms with van der Waals surface area (Å²) in [6.45, 7) is 3.05. The molecule has 29 heavy (non-hydrogen) atoms. The lowest BCUT2D eigenvalue weighted by atomic mass is 10.2. The van der Waals surface area contributed by atoms with Gasteiger partial charge in [0.25, 0.3) is 0 Å². The normalized spacial score (nSPS) is 11.2. The summed E-state index contributed by atoms with van der Waals surface area (Å²) in [5.41, 5.74) is 1.16. The number of anilines is 1. The van der Waals surface area contributed by atoms with Gasteiger partial charge in [-0.1, -0.05) is 25.1 Å². The Hall–Kier alpha value is -2.91. The zero-order chi connectivity index (χ0) is 21.6. The van der Waals surface area contributed by atoms with E-state index in [4.69, 9.17) is 9.47 Å². The predicted octanol–water partition coefficient (Wildman–Crippen LogP) is 2.44. The number of amides is 1. The minimum atomic E-state index is -3.98. The Morgan fingerprint density at radius 2 is 1.79 bits per heavy atom. The molecule has 0 saturated carbocycles. The van der Waals surface area contributed by atoms with Gasteiger partial charge in [-0.15, -0.1) is 0 Å². The molecule has 0 aliphatic carbocycles. The zero-order valence-electron chi connectivity index (χ0n) is 16.8. The van der Waals surface area contributed by atoms with E-state index in [1.165, 1.54) is 26.4 Å². The number of hydrogen-bond acceptors (Lipinski definition) is 6. The molecule has 2 aromatic carbocycles. The first kappa shape index (κ1) is 22.4. The number of para-hydroxylation sites is 1. The summed E-state index contributed by atoms with van der Waals surface area (Å²) < 4.78 is 37.1. The highest BCUT2D eigenvalue weighted by molar-refractivity contribution is 7.89. The molecule has 0 bridgehead atoms. The number of rotatable bonds is 8. The van der Waals surface area contributed by atoms with Crippen LogP contribution in [0.3, 0.4) is 0 Å². The van der Waals surface area contributed by atoms with Crippen LogP contribution in [-0.2, 0) is 19.6 Å². The van der Waals surface area contributed by atoms with E-state index in [2.05, 4.69) is 5.32 Å². The van der Waals surface area contributed by atoms with Gasteiger partial charge < -0.3 is 14.8 Å². The van der Waals surface area contributed by atoms with E-state index < -0.39 is 28.4 Å². The molecule has 2 aromatic rings. The molecule has 0 saturated heterocycles. The van der Waals surface area contributed by atoms with Crippen LogP contribution >= 0.6 is 0 Å². The number of sulfonamides is 1. The molecular formula is C20H24N2O6S. The number of carbonyl (C=O) groups is 2. The van der Waals surface area contributed by atoms with E-state index in [9.17, 15) is 18.0 Å². The molecule has 156 valence electrons. The molecule has 0 fully saturated rings. The Balaban J connectivity index is 2.27. The van der Waals surface area contributed by atoms with Crippen molar-refractivity contribution in [2.75, 3.05) is 32.6 Å². The van der Waals surface area contributed by atoms with E-state index in [-0.39, 0.29) is 28.4 Å². The summed E-state index contributed by atoms with van der Waals surface area (Å²) in [7, 11) is -1.36. The summed E-state index contributed by atoms with van der Waals surface area (Å²) in [4.78, 5) is 24.4. The Kier molecular flexibility index (Phi) is 7.35. The minimum absolute atomic E-state index is 0.00962. The highest BCUT2D eigenvalue weighted by Crippen LogP contribution is 2.27. The number of likely N-dealkylation sites (N-methyl/N-ethyl adjacent to an activating group) is 1. The Morgan fingerprint density at radius 1 is 1.10 bits per heavy atom. The van der Waals surface area contributed by atoms with Gasteiger partial charge in [-0.25, -0.2) is 13.2 Å². The van der Waals surface area contributed by atoms with Crippen molar-refractivity contribution in [3.63, 3.8) is 0 Å².